The third kappa shape index (κ3) is 4.14. The average molecular weight is 380 g/mol. The maximum atomic E-state index is 13.7. The van der Waals surface area contributed by atoms with Crippen LogP contribution in [0.4, 0.5) is 14.5 Å². The summed E-state index contributed by atoms with van der Waals surface area (Å²) in [4.78, 5) is 4.38. The van der Waals surface area contributed by atoms with Crippen molar-refractivity contribution in [2.75, 3.05) is 25.1 Å². The first-order chi connectivity index (χ1) is 12.5. The number of anilines is 1. The fourth-order valence-electron chi connectivity index (χ4n) is 3.17. The minimum atomic E-state index is -0.601. The van der Waals surface area contributed by atoms with Crippen LogP contribution in [-0.4, -0.2) is 25.7 Å². The van der Waals surface area contributed by atoms with Crippen molar-refractivity contribution in [1.29, 1.82) is 0 Å². The Morgan fingerprint density at radius 2 is 1.92 bits per heavy atom. The van der Waals surface area contributed by atoms with Gasteiger partial charge in [0.25, 0.3) is 0 Å². The molecule has 0 aliphatic carbocycles. The second-order valence-electron chi connectivity index (χ2n) is 6.32. The summed E-state index contributed by atoms with van der Waals surface area (Å²) in [5, 5.41) is 3.30. The first-order valence-electron chi connectivity index (χ1n) is 8.35. The molecule has 0 unspecified atom stereocenters. The molecule has 2 aromatic rings. The van der Waals surface area contributed by atoms with Gasteiger partial charge in [0.05, 0.1) is 12.2 Å². The van der Waals surface area contributed by atoms with Crippen molar-refractivity contribution in [2.24, 2.45) is 10.7 Å². The van der Waals surface area contributed by atoms with E-state index < -0.39 is 11.6 Å². The van der Waals surface area contributed by atoms with E-state index in [1.165, 1.54) is 0 Å². The first kappa shape index (κ1) is 18.6. The number of nitrogens with zero attached hydrogens (tertiary/aromatic N) is 1. The highest BCUT2D eigenvalue weighted by atomic mass is 35.5. The Kier molecular flexibility index (Phi) is 5.74. The van der Waals surface area contributed by atoms with E-state index in [2.05, 4.69) is 10.3 Å². The molecule has 1 fully saturated rings. The number of guanidine groups is 1. The van der Waals surface area contributed by atoms with Gasteiger partial charge in [-0.15, -0.1) is 0 Å². The number of aliphatic imine (C=N–C) groups is 1. The van der Waals surface area contributed by atoms with Crippen molar-refractivity contribution >= 4 is 23.2 Å². The summed E-state index contributed by atoms with van der Waals surface area (Å²) in [6, 6.07) is 10.8. The topological polar surface area (TPSA) is 59.6 Å². The maximum Gasteiger partial charge on any atom is 0.193 e. The highest BCUT2D eigenvalue weighted by Crippen LogP contribution is 2.38. The molecule has 1 heterocycles. The monoisotopic (exact) mass is 379 g/mol. The third-order valence-corrected chi connectivity index (χ3v) is 4.97. The summed E-state index contributed by atoms with van der Waals surface area (Å²) in [5.41, 5.74) is 6.55. The van der Waals surface area contributed by atoms with Crippen LogP contribution in [0.1, 0.15) is 18.4 Å². The smallest absolute Gasteiger partial charge is 0.193 e. The van der Waals surface area contributed by atoms with Gasteiger partial charge in [-0.1, -0.05) is 29.8 Å². The standard InChI is InChI=1S/C19H20ClF2N3O/c20-15-4-2-1-3-14(15)19(7-9-26-10-8-19)12-24-18(23)25-17-11-13(21)5-6-16(17)22/h1-6,11H,7-10,12H2,(H3,23,24,25). The minimum Gasteiger partial charge on any atom is -0.381 e. The zero-order chi connectivity index (χ0) is 18.6. The summed E-state index contributed by atoms with van der Waals surface area (Å²) >= 11 is 6.40. The largest absolute Gasteiger partial charge is 0.381 e. The summed E-state index contributed by atoms with van der Waals surface area (Å²) < 4.78 is 32.5. The Balaban J connectivity index is 1.82. The van der Waals surface area contributed by atoms with E-state index in [1.807, 2.05) is 24.3 Å². The summed E-state index contributed by atoms with van der Waals surface area (Å²) in [5.74, 6) is -1.14. The quantitative estimate of drug-likeness (QED) is 0.621. The molecule has 0 atom stereocenters. The van der Waals surface area contributed by atoms with E-state index in [1.54, 1.807) is 0 Å². The normalized spacial score (nSPS) is 17.1. The Morgan fingerprint density at radius 1 is 1.19 bits per heavy atom. The molecule has 7 heteroatoms. The molecule has 1 aliphatic heterocycles. The van der Waals surface area contributed by atoms with Gasteiger partial charge in [-0.3, -0.25) is 4.99 Å². The fraction of sp³-hybridized carbons (Fsp3) is 0.316. The van der Waals surface area contributed by atoms with Crippen LogP contribution < -0.4 is 11.1 Å². The van der Waals surface area contributed by atoms with Gasteiger partial charge in [-0.2, -0.15) is 0 Å². The van der Waals surface area contributed by atoms with Crippen molar-refractivity contribution in [3.8, 4) is 0 Å². The maximum absolute atomic E-state index is 13.7. The molecule has 3 N–H and O–H groups in total. The van der Waals surface area contributed by atoms with E-state index in [0.29, 0.717) is 24.8 Å². The second kappa shape index (κ2) is 8.01. The van der Waals surface area contributed by atoms with Gasteiger partial charge in [0, 0.05) is 29.7 Å². The lowest BCUT2D eigenvalue weighted by Gasteiger charge is -2.37. The molecule has 0 spiro atoms. The molecule has 3 rings (SSSR count). The van der Waals surface area contributed by atoms with Gasteiger partial charge >= 0.3 is 0 Å². The number of ether oxygens (including phenoxy) is 1. The summed E-state index contributed by atoms with van der Waals surface area (Å²) in [6.07, 6.45) is 1.50. The predicted molar refractivity (Wildman–Crippen MR) is 99.7 cm³/mol. The number of nitrogens with one attached hydrogen (secondary N) is 1. The highest BCUT2D eigenvalue weighted by Gasteiger charge is 2.36. The number of hydrogen-bond donors (Lipinski definition) is 2. The lowest BCUT2D eigenvalue weighted by Crippen LogP contribution is -2.38. The van der Waals surface area contributed by atoms with E-state index in [9.17, 15) is 8.78 Å². The number of rotatable bonds is 4. The van der Waals surface area contributed by atoms with E-state index in [-0.39, 0.29) is 17.1 Å². The van der Waals surface area contributed by atoms with E-state index in [0.717, 1.165) is 36.6 Å². The van der Waals surface area contributed by atoms with E-state index >= 15 is 0 Å². The SMILES string of the molecule is NC(=NCC1(c2ccccc2Cl)CCOCC1)Nc1cc(F)ccc1F. The van der Waals surface area contributed by atoms with Gasteiger partial charge in [0.15, 0.2) is 5.96 Å². The van der Waals surface area contributed by atoms with Gasteiger partial charge < -0.3 is 15.8 Å². The van der Waals surface area contributed by atoms with Crippen LogP contribution in [0.25, 0.3) is 0 Å². The fourth-order valence-corrected chi connectivity index (χ4v) is 3.51. The molecule has 2 aromatic carbocycles. The predicted octanol–water partition coefficient (Wildman–Crippen LogP) is 4.09. The van der Waals surface area contributed by atoms with Crippen molar-refractivity contribution in [3.05, 3.63) is 64.7 Å². The van der Waals surface area contributed by atoms with Gasteiger partial charge in [-0.05, 0) is 36.6 Å². The molecule has 0 amide bonds. The van der Waals surface area contributed by atoms with Crippen LogP contribution >= 0.6 is 11.6 Å². The molecule has 138 valence electrons. The second-order valence-corrected chi connectivity index (χ2v) is 6.73. The van der Waals surface area contributed by atoms with Crippen LogP contribution in [0.5, 0.6) is 0 Å². The number of hydrogen-bond acceptors (Lipinski definition) is 2. The zero-order valence-electron chi connectivity index (χ0n) is 14.1. The zero-order valence-corrected chi connectivity index (χ0v) is 14.9. The molecule has 0 saturated carbocycles. The Labute approximate surface area is 156 Å². The van der Waals surface area contributed by atoms with E-state index in [4.69, 9.17) is 22.1 Å². The van der Waals surface area contributed by atoms with Gasteiger partial charge in [-0.25, -0.2) is 8.78 Å². The lowest BCUT2D eigenvalue weighted by molar-refractivity contribution is 0.0532. The van der Waals surface area contributed by atoms with Gasteiger partial charge in [0.1, 0.15) is 11.6 Å². The summed E-state index contributed by atoms with van der Waals surface area (Å²) in [6.45, 7) is 1.58. The molecule has 26 heavy (non-hydrogen) atoms. The van der Waals surface area contributed by atoms with Crippen LogP contribution in [-0.2, 0) is 10.2 Å². The molecule has 1 aliphatic rings. The van der Waals surface area contributed by atoms with Crippen molar-refractivity contribution in [2.45, 2.75) is 18.3 Å². The number of benzene rings is 2. The van der Waals surface area contributed by atoms with Crippen molar-refractivity contribution < 1.29 is 13.5 Å². The van der Waals surface area contributed by atoms with Crippen LogP contribution in [0.15, 0.2) is 47.5 Å². The van der Waals surface area contributed by atoms with Crippen molar-refractivity contribution in [3.63, 3.8) is 0 Å². The minimum absolute atomic E-state index is 0.0208. The Hall–Kier alpha value is -2.18. The Morgan fingerprint density at radius 3 is 2.65 bits per heavy atom. The molecule has 1 saturated heterocycles. The summed E-state index contributed by atoms with van der Waals surface area (Å²) in [7, 11) is 0. The lowest BCUT2D eigenvalue weighted by atomic mass is 9.74. The Bertz CT molecular complexity index is 807. The molecular formula is C19H20ClF2N3O. The number of halogens is 3. The molecular weight excluding hydrogens is 360 g/mol. The van der Waals surface area contributed by atoms with Crippen LogP contribution in [0.3, 0.4) is 0 Å². The molecule has 0 radical (unpaired) electrons. The first-order valence-corrected chi connectivity index (χ1v) is 8.73. The van der Waals surface area contributed by atoms with Crippen LogP contribution in [0, 0.1) is 11.6 Å². The molecule has 4 nitrogen and oxygen atoms in total. The van der Waals surface area contributed by atoms with Crippen LogP contribution in [0.2, 0.25) is 5.02 Å². The van der Waals surface area contributed by atoms with Crippen molar-refractivity contribution in [1.82, 2.24) is 0 Å². The third-order valence-electron chi connectivity index (χ3n) is 4.64. The average Bonchev–Trinajstić information content (AvgIpc) is 2.64. The number of nitrogens with two attached hydrogens (primary N) is 1. The molecule has 0 bridgehead atoms. The highest BCUT2D eigenvalue weighted by molar-refractivity contribution is 6.31. The molecule has 0 aromatic heterocycles. The van der Waals surface area contributed by atoms with Gasteiger partial charge in [0.2, 0.25) is 0 Å².